The molecule has 3 aromatic heterocycles. The van der Waals surface area contributed by atoms with Crippen molar-refractivity contribution in [2.24, 2.45) is 5.41 Å². The first-order valence-electron chi connectivity index (χ1n) is 10.4. The molecule has 0 radical (unpaired) electrons. The number of fused-ring (bicyclic) bond motifs is 1. The highest BCUT2D eigenvalue weighted by molar-refractivity contribution is 6.31. The van der Waals surface area contributed by atoms with Gasteiger partial charge >= 0.3 is 5.97 Å². The number of nitrogens with zero attached hydrogens (tertiary/aromatic N) is 5. The number of halogens is 1. The van der Waals surface area contributed by atoms with Crippen LogP contribution in [-0.4, -0.2) is 48.5 Å². The molecule has 1 amide bonds. The topological polar surface area (TPSA) is 124 Å². The van der Waals surface area contributed by atoms with E-state index >= 15 is 0 Å². The van der Waals surface area contributed by atoms with Crippen LogP contribution in [0.1, 0.15) is 37.2 Å². The van der Waals surface area contributed by atoms with Crippen molar-refractivity contribution >= 4 is 34.8 Å². The molecule has 0 spiro atoms. The summed E-state index contributed by atoms with van der Waals surface area (Å²) < 4.78 is 8.29. The smallest absolute Gasteiger partial charge is 0.329 e. The van der Waals surface area contributed by atoms with E-state index in [2.05, 4.69) is 20.5 Å². The van der Waals surface area contributed by atoms with Gasteiger partial charge in [-0.25, -0.2) is 14.3 Å². The minimum absolute atomic E-state index is 0.253. The van der Waals surface area contributed by atoms with Gasteiger partial charge in [0.25, 0.3) is 5.91 Å². The SMILES string of the molecule is COc1ccc(Cl)cc1-c1nn(C(C(=O)O)C(C)(C)C)cc1NC(=O)c1cnn2cccnc12. The predicted molar refractivity (Wildman–Crippen MR) is 126 cm³/mol. The highest BCUT2D eigenvalue weighted by Crippen LogP contribution is 2.39. The number of benzene rings is 1. The summed E-state index contributed by atoms with van der Waals surface area (Å²) in [4.78, 5) is 29.5. The van der Waals surface area contributed by atoms with E-state index in [1.165, 1.54) is 28.7 Å². The average Bonchev–Trinajstić information content (AvgIpc) is 3.36. The summed E-state index contributed by atoms with van der Waals surface area (Å²) in [6, 6.07) is 5.69. The van der Waals surface area contributed by atoms with Gasteiger partial charge in [0, 0.05) is 23.0 Å². The molecule has 1 atom stereocenters. The Balaban J connectivity index is 1.85. The Morgan fingerprint density at radius 1 is 1.26 bits per heavy atom. The summed E-state index contributed by atoms with van der Waals surface area (Å²) in [5, 5.41) is 21.9. The molecule has 11 heteroatoms. The van der Waals surface area contributed by atoms with Gasteiger partial charge in [-0.3, -0.25) is 9.48 Å². The molecule has 0 aliphatic carbocycles. The Bertz CT molecular complexity index is 1390. The molecule has 10 nitrogen and oxygen atoms in total. The van der Waals surface area contributed by atoms with E-state index in [4.69, 9.17) is 16.3 Å². The lowest BCUT2D eigenvalue weighted by Gasteiger charge is -2.27. The zero-order valence-corrected chi connectivity index (χ0v) is 19.7. The molecule has 2 N–H and O–H groups in total. The molecule has 4 aromatic rings. The Morgan fingerprint density at radius 2 is 2.03 bits per heavy atom. The molecule has 0 bridgehead atoms. The molecule has 0 saturated carbocycles. The van der Waals surface area contributed by atoms with E-state index in [0.29, 0.717) is 27.7 Å². The number of hydrogen-bond acceptors (Lipinski definition) is 6. The lowest BCUT2D eigenvalue weighted by molar-refractivity contribution is -0.144. The van der Waals surface area contributed by atoms with Gasteiger partial charge in [-0.05, 0) is 29.7 Å². The minimum atomic E-state index is -1.05. The zero-order valence-electron chi connectivity index (χ0n) is 19.0. The van der Waals surface area contributed by atoms with Crippen molar-refractivity contribution in [3.8, 4) is 17.0 Å². The highest BCUT2D eigenvalue weighted by Gasteiger charge is 2.35. The third kappa shape index (κ3) is 4.32. The Kier molecular flexibility index (Phi) is 6.01. The van der Waals surface area contributed by atoms with Gasteiger partial charge in [-0.1, -0.05) is 32.4 Å². The average molecular weight is 483 g/mol. The number of aromatic nitrogens is 5. The second kappa shape index (κ2) is 8.79. The van der Waals surface area contributed by atoms with Crippen molar-refractivity contribution in [1.29, 1.82) is 0 Å². The number of amides is 1. The van der Waals surface area contributed by atoms with Crippen LogP contribution in [0.4, 0.5) is 5.69 Å². The van der Waals surface area contributed by atoms with E-state index in [1.807, 2.05) is 0 Å². The number of carboxylic acids is 1. The molecular weight excluding hydrogens is 460 g/mol. The lowest BCUT2D eigenvalue weighted by Crippen LogP contribution is -2.31. The zero-order chi connectivity index (χ0) is 24.6. The summed E-state index contributed by atoms with van der Waals surface area (Å²) in [6.45, 7) is 5.40. The second-order valence-electron chi connectivity index (χ2n) is 8.72. The molecule has 0 saturated heterocycles. The fourth-order valence-electron chi connectivity index (χ4n) is 3.74. The van der Waals surface area contributed by atoms with E-state index in [9.17, 15) is 14.7 Å². The third-order valence-electron chi connectivity index (χ3n) is 5.24. The summed E-state index contributed by atoms with van der Waals surface area (Å²) in [6.07, 6.45) is 6.16. The van der Waals surface area contributed by atoms with E-state index < -0.39 is 23.3 Å². The molecule has 176 valence electrons. The van der Waals surface area contributed by atoms with Crippen molar-refractivity contribution < 1.29 is 19.4 Å². The minimum Gasteiger partial charge on any atom is -0.496 e. The number of ether oxygens (including phenoxy) is 1. The van der Waals surface area contributed by atoms with Gasteiger partial charge in [-0.2, -0.15) is 10.2 Å². The molecule has 0 fully saturated rings. The number of carbonyl (C=O) groups excluding carboxylic acids is 1. The fraction of sp³-hybridized carbons (Fsp3) is 0.261. The van der Waals surface area contributed by atoms with E-state index in [-0.39, 0.29) is 11.3 Å². The Labute approximate surface area is 200 Å². The van der Waals surface area contributed by atoms with E-state index in [1.54, 1.807) is 57.4 Å². The molecule has 1 aromatic carbocycles. The van der Waals surface area contributed by atoms with Crippen molar-refractivity contribution in [2.45, 2.75) is 26.8 Å². The molecule has 0 aliphatic heterocycles. The van der Waals surface area contributed by atoms with Gasteiger partial charge in [0.15, 0.2) is 11.7 Å². The summed E-state index contributed by atoms with van der Waals surface area (Å²) >= 11 is 6.23. The second-order valence-corrected chi connectivity index (χ2v) is 9.16. The van der Waals surface area contributed by atoms with Crippen LogP contribution in [0, 0.1) is 5.41 Å². The summed E-state index contributed by atoms with van der Waals surface area (Å²) in [5.74, 6) is -1.06. The van der Waals surface area contributed by atoms with Crippen LogP contribution in [-0.2, 0) is 4.79 Å². The van der Waals surface area contributed by atoms with Crippen LogP contribution in [0.25, 0.3) is 16.9 Å². The van der Waals surface area contributed by atoms with Crippen LogP contribution >= 0.6 is 11.6 Å². The van der Waals surface area contributed by atoms with Crippen LogP contribution in [0.5, 0.6) is 5.75 Å². The number of nitrogens with one attached hydrogen (secondary N) is 1. The van der Waals surface area contributed by atoms with Crippen LogP contribution in [0.3, 0.4) is 0 Å². The standard InChI is InChI=1S/C23H23ClN6O4/c1-23(2,3)19(22(32)33)30-12-16(18(28-30)14-10-13(24)6-7-17(14)34-4)27-21(31)15-11-26-29-9-5-8-25-20(15)29/h5-12,19H,1-4H3,(H,27,31)(H,32,33). The van der Waals surface area contributed by atoms with Crippen LogP contribution in [0.2, 0.25) is 5.02 Å². The van der Waals surface area contributed by atoms with Gasteiger partial charge < -0.3 is 15.2 Å². The highest BCUT2D eigenvalue weighted by atomic mass is 35.5. The quantitative estimate of drug-likeness (QED) is 0.422. The predicted octanol–water partition coefficient (Wildman–Crippen LogP) is 4.18. The first-order chi connectivity index (χ1) is 16.1. The first kappa shape index (κ1) is 23.2. The number of methoxy groups -OCH3 is 1. The largest absolute Gasteiger partial charge is 0.496 e. The van der Waals surface area contributed by atoms with Crippen molar-refractivity contribution in [3.05, 3.63) is 59.6 Å². The molecule has 34 heavy (non-hydrogen) atoms. The fourth-order valence-corrected chi connectivity index (χ4v) is 3.91. The molecule has 0 aliphatic rings. The maximum absolute atomic E-state index is 13.2. The number of carbonyl (C=O) groups is 2. The maximum atomic E-state index is 13.2. The third-order valence-corrected chi connectivity index (χ3v) is 5.47. The first-order valence-corrected chi connectivity index (χ1v) is 10.7. The normalized spacial score (nSPS) is 12.5. The number of anilines is 1. The number of rotatable bonds is 6. The Hall–Kier alpha value is -3.92. The Morgan fingerprint density at radius 3 is 2.71 bits per heavy atom. The van der Waals surface area contributed by atoms with Gasteiger partial charge in [0.05, 0.1) is 25.2 Å². The van der Waals surface area contributed by atoms with Crippen LogP contribution < -0.4 is 10.1 Å². The van der Waals surface area contributed by atoms with Crippen LogP contribution in [0.15, 0.2) is 49.1 Å². The van der Waals surface area contributed by atoms with E-state index in [0.717, 1.165) is 0 Å². The number of hydrogen-bond donors (Lipinski definition) is 2. The van der Waals surface area contributed by atoms with Crippen molar-refractivity contribution in [1.82, 2.24) is 24.4 Å². The molecule has 4 rings (SSSR count). The maximum Gasteiger partial charge on any atom is 0.329 e. The number of carboxylic acid groups (broad SMARTS) is 1. The summed E-state index contributed by atoms with van der Waals surface area (Å²) in [7, 11) is 1.50. The molecular formula is C23H23ClN6O4. The lowest BCUT2D eigenvalue weighted by atomic mass is 9.87. The summed E-state index contributed by atoms with van der Waals surface area (Å²) in [5.41, 5.74) is 1.07. The van der Waals surface area contributed by atoms with Crippen molar-refractivity contribution in [3.63, 3.8) is 0 Å². The van der Waals surface area contributed by atoms with Crippen molar-refractivity contribution in [2.75, 3.05) is 12.4 Å². The van der Waals surface area contributed by atoms with Gasteiger partial charge in [-0.15, -0.1) is 0 Å². The van der Waals surface area contributed by atoms with Gasteiger partial charge in [0.1, 0.15) is 17.0 Å². The molecule has 3 heterocycles. The molecule has 1 unspecified atom stereocenters. The monoisotopic (exact) mass is 482 g/mol. The number of aliphatic carboxylic acids is 1. The van der Waals surface area contributed by atoms with Gasteiger partial charge in [0.2, 0.25) is 0 Å².